The van der Waals surface area contributed by atoms with Gasteiger partial charge in [-0.2, -0.15) is 39.5 Å². The molecule has 0 aromatic heterocycles. The van der Waals surface area contributed by atoms with Crippen molar-refractivity contribution < 1.29 is 102 Å². The molecule has 0 bridgehead atoms. The van der Waals surface area contributed by atoms with Gasteiger partial charge in [-0.1, -0.05) is 12.1 Å². The van der Waals surface area contributed by atoms with Crippen LogP contribution >= 0.6 is 0 Å². The molecule has 1 amide bonds. The summed E-state index contributed by atoms with van der Waals surface area (Å²) in [6.45, 7) is 0.780. The molecular formula is C32H24F9NO13. The average Bonchev–Trinajstić information content (AvgIpc) is 3.07. The van der Waals surface area contributed by atoms with E-state index in [0.29, 0.717) is 0 Å². The number of fused-ring (bicyclic) bond motifs is 3. The number of benzene rings is 2. The number of methoxy groups -OCH3 is 1. The standard InChI is InChI=1S/C32H24F9NO13/c1-10(53-27(48)31(36,37)38)29(50)7-12-19(25(46)21-20(23(12)44)22(43)11-4-3-5-14(51-2)18(11)24(21)45)15(8-29)54-17-6-13(42-26(47)30(33,34)35)16(9-52-17)55-28(49)32(39,40)41/h3-5,9-10,13,15,17,44,46,50H,6-8H2,1-2H3,(H,42,47)/t10?,13?,15-,17?,29?/m0/s1. The van der Waals surface area contributed by atoms with Crippen molar-refractivity contribution in [1.29, 1.82) is 0 Å². The van der Waals surface area contributed by atoms with E-state index in [1.54, 1.807) is 0 Å². The number of ether oxygens (including phenoxy) is 5. The van der Waals surface area contributed by atoms with E-state index in [-0.39, 0.29) is 23.1 Å². The van der Waals surface area contributed by atoms with Crippen molar-refractivity contribution in [2.45, 2.75) is 74.9 Å². The van der Waals surface area contributed by atoms with Crippen molar-refractivity contribution in [1.82, 2.24) is 5.32 Å². The lowest BCUT2D eigenvalue weighted by molar-refractivity contribution is -0.222. The smallest absolute Gasteiger partial charge is 0.491 e. The first kappa shape index (κ1) is 40.6. The molecule has 0 spiro atoms. The molecule has 4 unspecified atom stereocenters. The molecule has 0 fully saturated rings. The lowest BCUT2D eigenvalue weighted by Gasteiger charge is -2.43. The maximum Gasteiger partial charge on any atom is 0.491 e. The number of phenols is 2. The quantitative estimate of drug-likeness (QED) is 0.153. The zero-order valence-corrected chi connectivity index (χ0v) is 27.6. The summed E-state index contributed by atoms with van der Waals surface area (Å²) in [4.78, 5) is 62.4. The van der Waals surface area contributed by atoms with Crippen LogP contribution < -0.4 is 10.1 Å². The molecule has 55 heavy (non-hydrogen) atoms. The third kappa shape index (κ3) is 7.57. The van der Waals surface area contributed by atoms with Crippen LogP contribution in [0.4, 0.5) is 39.5 Å². The van der Waals surface area contributed by atoms with Gasteiger partial charge in [-0.05, 0) is 13.0 Å². The summed E-state index contributed by atoms with van der Waals surface area (Å²) in [6, 6.07) is 1.48. The number of ketones is 2. The average molecular weight is 802 g/mol. The monoisotopic (exact) mass is 801 g/mol. The van der Waals surface area contributed by atoms with Crippen molar-refractivity contribution in [3.63, 3.8) is 0 Å². The summed E-state index contributed by atoms with van der Waals surface area (Å²) in [7, 11) is 1.14. The number of rotatable bonds is 7. The molecule has 3 aliphatic rings. The highest BCUT2D eigenvalue weighted by atomic mass is 19.4. The van der Waals surface area contributed by atoms with Crippen LogP contribution in [0.1, 0.15) is 68.8 Å². The van der Waals surface area contributed by atoms with E-state index < -0.39 is 137 Å². The lowest BCUT2D eigenvalue weighted by atomic mass is 9.71. The second kappa shape index (κ2) is 13.9. The van der Waals surface area contributed by atoms with Gasteiger partial charge in [0.15, 0.2) is 11.5 Å². The molecule has 1 aliphatic heterocycles. The normalized spacial score (nSPS) is 22.9. The van der Waals surface area contributed by atoms with Crippen LogP contribution in [0.5, 0.6) is 17.2 Å². The summed E-state index contributed by atoms with van der Waals surface area (Å²) in [6.07, 6.45) is -26.2. The van der Waals surface area contributed by atoms with E-state index in [0.717, 1.165) is 14.0 Å². The Kier molecular flexibility index (Phi) is 10.3. The Morgan fingerprint density at radius 3 is 2.11 bits per heavy atom. The highest BCUT2D eigenvalue weighted by molar-refractivity contribution is 6.31. The molecule has 298 valence electrons. The minimum Gasteiger partial charge on any atom is -0.507 e. The van der Waals surface area contributed by atoms with Gasteiger partial charge in [0.1, 0.15) is 35.2 Å². The molecule has 1 heterocycles. The van der Waals surface area contributed by atoms with Crippen LogP contribution in [0.2, 0.25) is 0 Å². The first-order valence-electron chi connectivity index (χ1n) is 15.3. The van der Waals surface area contributed by atoms with Gasteiger partial charge in [-0.3, -0.25) is 14.4 Å². The largest absolute Gasteiger partial charge is 0.507 e. The summed E-state index contributed by atoms with van der Waals surface area (Å²) >= 11 is 0. The number of hydrogen-bond donors (Lipinski definition) is 4. The van der Waals surface area contributed by atoms with Gasteiger partial charge in [-0.25, -0.2) is 9.59 Å². The number of nitrogens with one attached hydrogen (secondary N) is 1. The summed E-state index contributed by atoms with van der Waals surface area (Å²) in [5, 5.41) is 36.0. The van der Waals surface area contributed by atoms with Gasteiger partial charge in [0.25, 0.3) is 0 Å². The van der Waals surface area contributed by atoms with E-state index in [9.17, 15) is 78.8 Å². The highest BCUT2D eigenvalue weighted by Gasteiger charge is 2.53. The number of carbonyl (C=O) groups is 5. The fraction of sp³-hybridized carbons (Fsp3) is 0.406. The summed E-state index contributed by atoms with van der Waals surface area (Å²) < 4.78 is 142. The molecule has 14 nitrogen and oxygen atoms in total. The molecule has 4 N–H and O–H groups in total. The van der Waals surface area contributed by atoms with Crippen LogP contribution in [0.15, 0.2) is 30.2 Å². The molecule has 0 saturated carbocycles. The minimum atomic E-state index is -5.68. The number of amides is 1. The van der Waals surface area contributed by atoms with Gasteiger partial charge in [0, 0.05) is 36.0 Å². The first-order valence-corrected chi connectivity index (χ1v) is 15.3. The number of halogens is 9. The zero-order chi connectivity index (χ0) is 41.2. The van der Waals surface area contributed by atoms with Crippen molar-refractivity contribution in [2.24, 2.45) is 0 Å². The Balaban J connectivity index is 1.62. The van der Waals surface area contributed by atoms with Crippen molar-refractivity contribution in [3.8, 4) is 17.2 Å². The third-order valence-electron chi connectivity index (χ3n) is 8.81. The van der Waals surface area contributed by atoms with E-state index >= 15 is 0 Å². The molecule has 2 aromatic rings. The number of aliphatic hydroxyl groups is 1. The molecule has 2 aliphatic carbocycles. The topological polar surface area (TPSA) is 204 Å². The Morgan fingerprint density at radius 1 is 0.909 bits per heavy atom. The predicted octanol–water partition coefficient (Wildman–Crippen LogP) is 3.85. The van der Waals surface area contributed by atoms with Crippen LogP contribution in [0.25, 0.3) is 0 Å². The first-order chi connectivity index (χ1) is 25.3. The number of alkyl halides is 9. The Bertz CT molecular complexity index is 2010. The van der Waals surface area contributed by atoms with Gasteiger partial charge in [0.2, 0.25) is 12.1 Å². The Hall–Kier alpha value is -5.58. The summed E-state index contributed by atoms with van der Waals surface area (Å²) in [5.74, 6) is -14.3. The number of carbonyl (C=O) groups excluding carboxylic acids is 5. The molecule has 5 atom stereocenters. The number of aromatic hydroxyl groups is 2. The second-order valence-electron chi connectivity index (χ2n) is 12.3. The van der Waals surface area contributed by atoms with E-state index in [2.05, 4.69) is 9.47 Å². The van der Waals surface area contributed by atoms with Gasteiger partial charge in [0.05, 0.1) is 35.9 Å². The van der Waals surface area contributed by atoms with Gasteiger partial charge >= 0.3 is 36.4 Å². The number of phenolic OH excluding ortho intramolecular Hbond substituents is 2. The SMILES string of the molecule is COc1cccc2c1C(=O)c1c(O)c3c(c(O)c1C2=O)CC(O)(C(C)OC(=O)C(F)(F)F)C[C@@H]3OC1CC(NC(=O)C(F)(F)F)C(OC(=O)C(F)(F)F)=CO1. The second-order valence-corrected chi connectivity index (χ2v) is 12.3. The molecule has 2 aromatic carbocycles. The fourth-order valence-corrected chi connectivity index (χ4v) is 6.20. The Labute approximate surface area is 300 Å². The lowest BCUT2D eigenvalue weighted by Crippen LogP contribution is -2.51. The molecular weight excluding hydrogens is 777 g/mol. The fourth-order valence-electron chi connectivity index (χ4n) is 6.20. The van der Waals surface area contributed by atoms with Crippen LogP contribution in [-0.4, -0.2) is 94.4 Å². The third-order valence-corrected chi connectivity index (χ3v) is 8.81. The zero-order valence-electron chi connectivity index (χ0n) is 27.6. The number of hydrogen-bond acceptors (Lipinski definition) is 13. The molecule has 0 saturated heterocycles. The maximum atomic E-state index is 13.8. The molecule has 23 heteroatoms. The van der Waals surface area contributed by atoms with Gasteiger partial charge < -0.3 is 44.3 Å². The van der Waals surface area contributed by atoms with Crippen LogP contribution in [-0.2, 0) is 39.8 Å². The van der Waals surface area contributed by atoms with E-state index in [1.165, 1.54) is 23.5 Å². The van der Waals surface area contributed by atoms with Gasteiger partial charge in [-0.15, -0.1) is 0 Å². The van der Waals surface area contributed by atoms with E-state index in [1.807, 2.05) is 0 Å². The minimum absolute atomic E-state index is 0.151. The van der Waals surface area contributed by atoms with Crippen molar-refractivity contribution >= 4 is 29.4 Å². The summed E-state index contributed by atoms with van der Waals surface area (Å²) in [5.41, 5.74) is -6.42. The van der Waals surface area contributed by atoms with Crippen LogP contribution in [0, 0.1) is 0 Å². The van der Waals surface area contributed by atoms with E-state index in [4.69, 9.17) is 14.2 Å². The van der Waals surface area contributed by atoms with Crippen LogP contribution in [0.3, 0.4) is 0 Å². The predicted molar refractivity (Wildman–Crippen MR) is 156 cm³/mol. The highest BCUT2D eigenvalue weighted by Crippen LogP contribution is 2.53. The van der Waals surface area contributed by atoms with Crippen molar-refractivity contribution in [3.05, 3.63) is 63.6 Å². The molecule has 5 rings (SSSR count). The maximum absolute atomic E-state index is 13.8. The Morgan fingerprint density at radius 2 is 1.53 bits per heavy atom. The number of esters is 2. The van der Waals surface area contributed by atoms with Crippen molar-refractivity contribution in [2.75, 3.05) is 7.11 Å². The molecule has 0 radical (unpaired) electrons.